The summed E-state index contributed by atoms with van der Waals surface area (Å²) < 4.78 is 38.6. The number of carbonyl (C=O) groups excluding carboxylic acids is 1. The lowest BCUT2D eigenvalue weighted by Crippen LogP contribution is -2.33. The van der Waals surface area contributed by atoms with Crippen LogP contribution in [-0.4, -0.2) is 17.4 Å². The molecule has 1 atom stereocenters. The quantitative estimate of drug-likeness (QED) is 0.739. The SMILES string of the molecule is CCN(C(=O)c1sccc1C)C(C)c1cccc(C(F)(F)F)c1. The standard InChI is InChI=1S/C17H18F3NOS/c1-4-21(16(22)15-11(2)8-9-23-15)12(3)13-6-5-7-14(10-13)17(18,19)20/h5-10,12H,4H2,1-3H3. The number of carbonyl (C=O) groups is 1. The second kappa shape index (κ2) is 6.74. The number of thiophene rings is 1. The maximum Gasteiger partial charge on any atom is 0.416 e. The van der Waals surface area contributed by atoms with Crippen LogP contribution in [0.2, 0.25) is 0 Å². The minimum absolute atomic E-state index is 0.148. The summed E-state index contributed by atoms with van der Waals surface area (Å²) in [5.41, 5.74) is 0.664. The molecule has 1 aromatic carbocycles. The molecule has 0 aliphatic rings. The van der Waals surface area contributed by atoms with Crippen LogP contribution in [0.1, 0.15) is 46.3 Å². The fraction of sp³-hybridized carbons (Fsp3) is 0.353. The smallest absolute Gasteiger partial charge is 0.331 e. The van der Waals surface area contributed by atoms with Crippen molar-refractivity contribution in [3.8, 4) is 0 Å². The highest BCUT2D eigenvalue weighted by molar-refractivity contribution is 7.12. The Morgan fingerprint density at radius 3 is 2.52 bits per heavy atom. The zero-order valence-electron chi connectivity index (χ0n) is 13.1. The number of alkyl halides is 3. The molecule has 6 heteroatoms. The largest absolute Gasteiger partial charge is 0.416 e. The van der Waals surface area contributed by atoms with Gasteiger partial charge in [0.25, 0.3) is 5.91 Å². The molecule has 2 rings (SSSR count). The fourth-order valence-corrected chi connectivity index (χ4v) is 3.35. The summed E-state index contributed by atoms with van der Waals surface area (Å²) in [5.74, 6) is -0.148. The first-order chi connectivity index (χ1) is 10.8. The molecule has 0 bridgehead atoms. The lowest BCUT2D eigenvalue weighted by atomic mass is 10.0. The Bertz CT molecular complexity index is 693. The van der Waals surface area contributed by atoms with Gasteiger partial charge in [0, 0.05) is 6.54 Å². The number of benzene rings is 1. The Kier molecular flexibility index (Phi) is 5.14. The molecular formula is C17H18F3NOS. The number of rotatable bonds is 4. The number of halogens is 3. The van der Waals surface area contributed by atoms with Gasteiger partial charge in [0.05, 0.1) is 16.5 Å². The van der Waals surface area contributed by atoms with Crippen molar-refractivity contribution in [2.24, 2.45) is 0 Å². The van der Waals surface area contributed by atoms with Crippen molar-refractivity contribution < 1.29 is 18.0 Å². The van der Waals surface area contributed by atoms with Gasteiger partial charge in [-0.15, -0.1) is 11.3 Å². The molecule has 0 spiro atoms. The van der Waals surface area contributed by atoms with E-state index in [0.717, 1.165) is 17.7 Å². The van der Waals surface area contributed by atoms with Gasteiger partial charge in [-0.3, -0.25) is 4.79 Å². The molecule has 0 N–H and O–H groups in total. The molecule has 1 unspecified atom stereocenters. The van der Waals surface area contributed by atoms with E-state index < -0.39 is 17.8 Å². The molecule has 124 valence electrons. The zero-order chi connectivity index (χ0) is 17.2. The molecule has 1 aromatic heterocycles. The molecule has 0 saturated carbocycles. The maximum atomic E-state index is 12.9. The molecule has 0 radical (unpaired) electrons. The van der Waals surface area contributed by atoms with Crippen molar-refractivity contribution in [1.29, 1.82) is 0 Å². The third-order valence-electron chi connectivity index (χ3n) is 3.82. The van der Waals surface area contributed by atoms with E-state index in [4.69, 9.17) is 0 Å². The second-order valence-corrected chi connectivity index (χ2v) is 6.24. The van der Waals surface area contributed by atoms with E-state index in [1.165, 1.54) is 17.4 Å². The van der Waals surface area contributed by atoms with Crippen molar-refractivity contribution in [3.63, 3.8) is 0 Å². The summed E-state index contributed by atoms with van der Waals surface area (Å²) >= 11 is 1.35. The van der Waals surface area contributed by atoms with E-state index in [1.54, 1.807) is 17.9 Å². The van der Waals surface area contributed by atoms with Crippen molar-refractivity contribution in [2.45, 2.75) is 33.0 Å². The predicted octanol–water partition coefficient (Wildman–Crippen LogP) is 5.30. The van der Waals surface area contributed by atoms with Crippen molar-refractivity contribution in [1.82, 2.24) is 4.90 Å². The summed E-state index contributed by atoms with van der Waals surface area (Å²) in [6.45, 7) is 5.85. The Hall–Kier alpha value is -1.82. The van der Waals surface area contributed by atoms with Gasteiger partial charge >= 0.3 is 6.18 Å². The Morgan fingerprint density at radius 2 is 2.00 bits per heavy atom. The fourth-order valence-electron chi connectivity index (χ4n) is 2.47. The molecule has 0 aliphatic heterocycles. The van der Waals surface area contributed by atoms with E-state index in [1.807, 2.05) is 25.3 Å². The summed E-state index contributed by atoms with van der Waals surface area (Å²) in [6.07, 6.45) is -4.39. The lowest BCUT2D eigenvalue weighted by molar-refractivity contribution is -0.137. The second-order valence-electron chi connectivity index (χ2n) is 5.32. The van der Waals surface area contributed by atoms with Crippen LogP contribution in [0, 0.1) is 6.92 Å². The van der Waals surface area contributed by atoms with Crippen LogP contribution in [-0.2, 0) is 6.18 Å². The third-order valence-corrected chi connectivity index (χ3v) is 4.83. The van der Waals surface area contributed by atoms with Crippen LogP contribution in [0.5, 0.6) is 0 Å². The summed E-state index contributed by atoms with van der Waals surface area (Å²) in [6, 6.07) is 6.58. The van der Waals surface area contributed by atoms with Crippen LogP contribution < -0.4 is 0 Å². The van der Waals surface area contributed by atoms with Gasteiger partial charge in [-0.25, -0.2) is 0 Å². The van der Waals surface area contributed by atoms with Gasteiger partial charge in [0.1, 0.15) is 0 Å². The number of nitrogens with zero attached hydrogens (tertiary/aromatic N) is 1. The van der Waals surface area contributed by atoms with Crippen LogP contribution >= 0.6 is 11.3 Å². The van der Waals surface area contributed by atoms with Crippen molar-refractivity contribution >= 4 is 17.2 Å². The molecule has 23 heavy (non-hydrogen) atoms. The molecule has 1 heterocycles. The highest BCUT2D eigenvalue weighted by atomic mass is 32.1. The van der Waals surface area contributed by atoms with E-state index in [-0.39, 0.29) is 5.91 Å². The highest BCUT2D eigenvalue weighted by Gasteiger charge is 2.31. The van der Waals surface area contributed by atoms with Gasteiger partial charge in [-0.2, -0.15) is 13.2 Å². The molecule has 2 nitrogen and oxygen atoms in total. The molecule has 0 fully saturated rings. The highest BCUT2D eigenvalue weighted by Crippen LogP contribution is 2.32. The zero-order valence-corrected chi connectivity index (χ0v) is 14.0. The maximum absolute atomic E-state index is 12.9. The number of amides is 1. The van der Waals surface area contributed by atoms with Crippen molar-refractivity contribution in [2.75, 3.05) is 6.54 Å². The first-order valence-corrected chi connectivity index (χ1v) is 8.16. The van der Waals surface area contributed by atoms with Gasteiger partial charge in [-0.1, -0.05) is 12.1 Å². The summed E-state index contributed by atoms with van der Waals surface area (Å²) in [4.78, 5) is 14.9. The van der Waals surface area contributed by atoms with E-state index in [2.05, 4.69) is 0 Å². The van der Waals surface area contributed by atoms with Crippen molar-refractivity contribution in [3.05, 3.63) is 57.3 Å². The minimum atomic E-state index is -4.39. The van der Waals surface area contributed by atoms with Gasteiger partial charge < -0.3 is 4.90 Å². The molecule has 1 amide bonds. The Balaban J connectivity index is 2.32. The van der Waals surface area contributed by atoms with Crippen LogP contribution in [0.25, 0.3) is 0 Å². The van der Waals surface area contributed by atoms with Crippen LogP contribution in [0.3, 0.4) is 0 Å². The topological polar surface area (TPSA) is 20.3 Å². The lowest BCUT2D eigenvalue weighted by Gasteiger charge is -2.28. The average molecular weight is 341 g/mol. The molecule has 0 saturated heterocycles. The van der Waals surface area contributed by atoms with E-state index in [9.17, 15) is 18.0 Å². The average Bonchev–Trinajstić information content (AvgIpc) is 2.93. The van der Waals surface area contributed by atoms with Gasteiger partial charge in [0.15, 0.2) is 0 Å². The van der Waals surface area contributed by atoms with E-state index >= 15 is 0 Å². The monoisotopic (exact) mass is 341 g/mol. The predicted molar refractivity (Wildman–Crippen MR) is 85.6 cm³/mol. The summed E-state index contributed by atoms with van der Waals surface area (Å²) in [5, 5.41) is 1.84. The minimum Gasteiger partial charge on any atom is -0.331 e. The van der Waals surface area contributed by atoms with Crippen LogP contribution in [0.15, 0.2) is 35.7 Å². The van der Waals surface area contributed by atoms with Gasteiger partial charge in [-0.05, 0) is 55.5 Å². The number of aryl methyl sites for hydroxylation is 1. The summed E-state index contributed by atoms with van der Waals surface area (Å²) in [7, 11) is 0. The Morgan fingerprint density at radius 1 is 1.30 bits per heavy atom. The molecule has 2 aromatic rings. The Labute approximate surface area is 137 Å². The number of hydrogen-bond donors (Lipinski definition) is 0. The van der Waals surface area contributed by atoms with Crippen LogP contribution in [0.4, 0.5) is 13.2 Å². The molecular weight excluding hydrogens is 323 g/mol. The first-order valence-electron chi connectivity index (χ1n) is 7.28. The third kappa shape index (κ3) is 3.75. The molecule has 0 aliphatic carbocycles. The van der Waals surface area contributed by atoms with Gasteiger partial charge in [0.2, 0.25) is 0 Å². The number of hydrogen-bond acceptors (Lipinski definition) is 2. The normalized spacial score (nSPS) is 13.0. The van der Waals surface area contributed by atoms with E-state index in [0.29, 0.717) is 17.0 Å². The first kappa shape index (κ1) is 17.5.